The second-order valence-corrected chi connectivity index (χ2v) is 3.49. The smallest absolute Gasteiger partial charge is 0.229 e. The molecule has 1 heterocycles. The number of hydrogen-bond donors (Lipinski definition) is 2. The standard InChI is InChI=1S/C11H16N2O2/c1-2-11(6-8-14,10(12)15)9-5-3-4-7-13-9/h3-5,7,14H,2,6,8H2,1H3,(H2,12,15). The molecule has 82 valence electrons. The van der Waals surface area contributed by atoms with Gasteiger partial charge in [-0.3, -0.25) is 9.78 Å². The highest BCUT2D eigenvalue weighted by atomic mass is 16.3. The molecule has 0 spiro atoms. The maximum atomic E-state index is 11.5. The number of pyridine rings is 1. The number of nitrogens with zero attached hydrogens (tertiary/aromatic N) is 1. The summed E-state index contributed by atoms with van der Waals surface area (Å²) >= 11 is 0. The van der Waals surface area contributed by atoms with Crippen LogP contribution in [0.1, 0.15) is 25.5 Å². The third kappa shape index (κ3) is 2.15. The molecule has 1 atom stereocenters. The molecular formula is C11H16N2O2. The van der Waals surface area contributed by atoms with Gasteiger partial charge in [-0.15, -0.1) is 0 Å². The summed E-state index contributed by atoms with van der Waals surface area (Å²) in [6.45, 7) is 1.79. The van der Waals surface area contributed by atoms with E-state index in [9.17, 15) is 4.79 Å². The van der Waals surface area contributed by atoms with Crippen molar-refractivity contribution in [3.63, 3.8) is 0 Å². The fourth-order valence-corrected chi connectivity index (χ4v) is 1.75. The summed E-state index contributed by atoms with van der Waals surface area (Å²) in [5.74, 6) is -0.433. The van der Waals surface area contributed by atoms with E-state index in [-0.39, 0.29) is 6.61 Å². The molecule has 1 rings (SSSR count). The minimum atomic E-state index is -0.837. The van der Waals surface area contributed by atoms with Gasteiger partial charge in [-0.05, 0) is 25.0 Å². The van der Waals surface area contributed by atoms with Crippen LogP contribution in [0.3, 0.4) is 0 Å². The van der Waals surface area contributed by atoms with E-state index in [1.807, 2.05) is 13.0 Å². The van der Waals surface area contributed by atoms with Crippen molar-refractivity contribution >= 4 is 5.91 Å². The van der Waals surface area contributed by atoms with Crippen molar-refractivity contribution in [2.75, 3.05) is 6.61 Å². The molecule has 0 saturated carbocycles. The number of hydrogen-bond acceptors (Lipinski definition) is 3. The number of nitrogens with two attached hydrogens (primary N) is 1. The van der Waals surface area contributed by atoms with Crippen LogP contribution >= 0.6 is 0 Å². The van der Waals surface area contributed by atoms with E-state index in [0.29, 0.717) is 18.5 Å². The number of amides is 1. The normalized spacial score (nSPS) is 14.5. The predicted octanol–water partition coefficient (Wildman–Crippen LogP) is 0.597. The summed E-state index contributed by atoms with van der Waals surface area (Å²) in [4.78, 5) is 15.7. The zero-order chi connectivity index (χ0) is 11.3. The van der Waals surface area contributed by atoms with Crippen LogP contribution in [0.5, 0.6) is 0 Å². The molecule has 1 unspecified atom stereocenters. The molecule has 0 saturated heterocycles. The zero-order valence-electron chi connectivity index (χ0n) is 8.81. The first-order valence-electron chi connectivity index (χ1n) is 4.99. The average Bonchev–Trinajstić information content (AvgIpc) is 2.26. The Balaban J connectivity index is 3.15. The lowest BCUT2D eigenvalue weighted by molar-refractivity contribution is -0.124. The second kappa shape index (κ2) is 4.89. The van der Waals surface area contributed by atoms with Gasteiger partial charge in [0.1, 0.15) is 0 Å². The fraction of sp³-hybridized carbons (Fsp3) is 0.455. The fourth-order valence-electron chi connectivity index (χ4n) is 1.75. The molecule has 0 aliphatic rings. The molecule has 4 nitrogen and oxygen atoms in total. The van der Waals surface area contributed by atoms with Crippen molar-refractivity contribution in [3.05, 3.63) is 30.1 Å². The molecular weight excluding hydrogens is 192 g/mol. The van der Waals surface area contributed by atoms with Gasteiger partial charge in [0.05, 0.1) is 11.1 Å². The average molecular weight is 208 g/mol. The first kappa shape index (κ1) is 11.7. The third-order valence-corrected chi connectivity index (χ3v) is 2.77. The van der Waals surface area contributed by atoms with Crippen LogP contribution in [-0.2, 0) is 10.2 Å². The molecule has 4 heteroatoms. The van der Waals surface area contributed by atoms with Crippen LogP contribution in [0.4, 0.5) is 0 Å². The summed E-state index contributed by atoms with van der Waals surface area (Å²) in [5.41, 5.74) is 5.21. The van der Waals surface area contributed by atoms with Crippen LogP contribution in [0.25, 0.3) is 0 Å². The highest BCUT2D eigenvalue weighted by molar-refractivity contribution is 5.86. The summed E-state index contributed by atoms with van der Waals surface area (Å²) in [6, 6.07) is 5.36. The van der Waals surface area contributed by atoms with E-state index in [1.165, 1.54) is 0 Å². The Morgan fingerprint density at radius 2 is 2.33 bits per heavy atom. The monoisotopic (exact) mass is 208 g/mol. The van der Waals surface area contributed by atoms with E-state index in [4.69, 9.17) is 10.8 Å². The minimum Gasteiger partial charge on any atom is -0.396 e. The van der Waals surface area contributed by atoms with Crippen molar-refractivity contribution < 1.29 is 9.90 Å². The van der Waals surface area contributed by atoms with Crippen LogP contribution in [-0.4, -0.2) is 22.6 Å². The molecule has 0 radical (unpaired) electrons. The number of carbonyl (C=O) groups is 1. The van der Waals surface area contributed by atoms with Gasteiger partial charge >= 0.3 is 0 Å². The largest absolute Gasteiger partial charge is 0.396 e. The number of aliphatic hydroxyl groups is 1. The molecule has 0 aromatic carbocycles. The van der Waals surface area contributed by atoms with Crippen molar-refractivity contribution in [3.8, 4) is 0 Å². The third-order valence-electron chi connectivity index (χ3n) is 2.77. The van der Waals surface area contributed by atoms with Crippen LogP contribution in [0, 0.1) is 0 Å². The quantitative estimate of drug-likeness (QED) is 0.743. The molecule has 0 aliphatic carbocycles. The number of carbonyl (C=O) groups excluding carboxylic acids is 1. The summed E-state index contributed by atoms with van der Waals surface area (Å²) in [5, 5.41) is 9.01. The van der Waals surface area contributed by atoms with E-state index in [0.717, 1.165) is 0 Å². The topological polar surface area (TPSA) is 76.2 Å². The van der Waals surface area contributed by atoms with Crippen LogP contribution < -0.4 is 5.73 Å². The Hall–Kier alpha value is -1.42. The molecule has 1 amide bonds. The van der Waals surface area contributed by atoms with E-state index < -0.39 is 11.3 Å². The van der Waals surface area contributed by atoms with Crippen LogP contribution in [0.15, 0.2) is 24.4 Å². The number of rotatable bonds is 5. The number of aromatic nitrogens is 1. The summed E-state index contributed by atoms with van der Waals surface area (Å²) in [6.07, 6.45) is 2.48. The Morgan fingerprint density at radius 3 is 2.73 bits per heavy atom. The van der Waals surface area contributed by atoms with Gasteiger partial charge in [-0.1, -0.05) is 13.0 Å². The first-order valence-corrected chi connectivity index (χ1v) is 4.99. The highest BCUT2D eigenvalue weighted by Gasteiger charge is 2.37. The van der Waals surface area contributed by atoms with Gasteiger partial charge in [0.2, 0.25) is 5.91 Å². The van der Waals surface area contributed by atoms with Gasteiger partial charge in [0, 0.05) is 12.8 Å². The molecule has 15 heavy (non-hydrogen) atoms. The van der Waals surface area contributed by atoms with E-state index in [2.05, 4.69) is 4.98 Å². The first-order chi connectivity index (χ1) is 7.17. The number of aliphatic hydroxyl groups excluding tert-OH is 1. The minimum absolute atomic E-state index is 0.0760. The molecule has 3 N–H and O–H groups in total. The lowest BCUT2D eigenvalue weighted by atomic mass is 9.78. The van der Waals surface area contributed by atoms with Gasteiger partial charge in [-0.25, -0.2) is 0 Å². The Kier molecular flexibility index (Phi) is 3.80. The Labute approximate surface area is 89.1 Å². The highest BCUT2D eigenvalue weighted by Crippen LogP contribution is 2.29. The zero-order valence-corrected chi connectivity index (χ0v) is 8.81. The molecule has 0 bridgehead atoms. The SMILES string of the molecule is CCC(CCO)(C(N)=O)c1ccccn1. The van der Waals surface area contributed by atoms with E-state index in [1.54, 1.807) is 18.3 Å². The van der Waals surface area contributed by atoms with Gasteiger partial charge in [-0.2, -0.15) is 0 Å². The molecule has 1 aromatic heterocycles. The maximum Gasteiger partial charge on any atom is 0.229 e. The second-order valence-electron chi connectivity index (χ2n) is 3.49. The lowest BCUT2D eigenvalue weighted by Gasteiger charge is -2.27. The number of primary amides is 1. The Bertz CT molecular complexity index is 327. The van der Waals surface area contributed by atoms with Crippen molar-refractivity contribution in [2.45, 2.75) is 25.2 Å². The van der Waals surface area contributed by atoms with Crippen molar-refractivity contribution in [2.24, 2.45) is 5.73 Å². The van der Waals surface area contributed by atoms with Crippen molar-refractivity contribution in [1.82, 2.24) is 4.98 Å². The lowest BCUT2D eigenvalue weighted by Crippen LogP contribution is -2.42. The molecule has 1 aromatic rings. The molecule has 0 aliphatic heterocycles. The maximum absolute atomic E-state index is 11.5. The summed E-state index contributed by atoms with van der Waals surface area (Å²) < 4.78 is 0. The van der Waals surface area contributed by atoms with Gasteiger partial charge < -0.3 is 10.8 Å². The van der Waals surface area contributed by atoms with Crippen LogP contribution in [0.2, 0.25) is 0 Å². The molecule has 0 fully saturated rings. The van der Waals surface area contributed by atoms with Crippen molar-refractivity contribution in [1.29, 1.82) is 0 Å². The predicted molar refractivity (Wildman–Crippen MR) is 57.1 cm³/mol. The Morgan fingerprint density at radius 1 is 1.60 bits per heavy atom. The van der Waals surface area contributed by atoms with Gasteiger partial charge in [0.15, 0.2) is 0 Å². The van der Waals surface area contributed by atoms with Gasteiger partial charge in [0.25, 0.3) is 0 Å². The van der Waals surface area contributed by atoms with E-state index >= 15 is 0 Å². The summed E-state index contributed by atoms with van der Waals surface area (Å²) in [7, 11) is 0.